The summed E-state index contributed by atoms with van der Waals surface area (Å²) in [5.41, 5.74) is 2.17. The fourth-order valence-electron chi connectivity index (χ4n) is 3.06. The highest BCUT2D eigenvalue weighted by molar-refractivity contribution is 7.22. The van der Waals surface area contributed by atoms with Crippen LogP contribution in [0.1, 0.15) is 34.8 Å². The molecule has 1 N–H and O–H groups in total. The number of aryl methyl sites for hydroxylation is 1. The van der Waals surface area contributed by atoms with Gasteiger partial charge in [0.15, 0.2) is 5.13 Å². The Balaban J connectivity index is 1.73. The Morgan fingerprint density at radius 1 is 1.35 bits per heavy atom. The standard InChI is InChI=1S/C16H16N4O2S/c1-9-8-19-5-6-20(10(2)14(19)17-9)16-18-12-4-3-11(15(21)22)7-13(12)23-16/h3-4,7-8,10H,5-6H2,1-2H3,(H,21,22). The van der Waals surface area contributed by atoms with Crippen LogP contribution in [0.3, 0.4) is 0 Å². The molecule has 0 spiro atoms. The Morgan fingerprint density at radius 3 is 2.96 bits per heavy atom. The summed E-state index contributed by atoms with van der Waals surface area (Å²) in [6, 6.07) is 5.22. The third-order valence-electron chi connectivity index (χ3n) is 4.22. The van der Waals surface area contributed by atoms with Gasteiger partial charge in [0.2, 0.25) is 0 Å². The minimum absolute atomic E-state index is 0.150. The fourth-order valence-corrected chi connectivity index (χ4v) is 4.17. The average Bonchev–Trinajstić information content (AvgIpc) is 3.09. The maximum atomic E-state index is 11.1. The minimum Gasteiger partial charge on any atom is -0.478 e. The number of hydrogen-bond acceptors (Lipinski definition) is 5. The van der Waals surface area contributed by atoms with Crippen LogP contribution in [-0.2, 0) is 6.54 Å². The highest BCUT2D eigenvalue weighted by Gasteiger charge is 2.28. The van der Waals surface area contributed by atoms with Gasteiger partial charge in [-0.2, -0.15) is 0 Å². The van der Waals surface area contributed by atoms with Gasteiger partial charge in [0.05, 0.1) is 27.5 Å². The van der Waals surface area contributed by atoms with Gasteiger partial charge in [-0.25, -0.2) is 14.8 Å². The third kappa shape index (κ3) is 2.28. The van der Waals surface area contributed by atoms with Crippen LogP contribution < -0.4 is 4.90 Å². The van der Waals surface area contributed by atoms with Crippen molar-refractivity contribution in [1.82, 2.24) is 14.5 Å². The highest BCUT2D eigenvalue weighted by Crippen LogP contribution is 2.35. The molecule has 6 nitrogen and oxygen atoms in total. The molecule has 0 saturated carbocycles. The van der Waals surface area contributed by atoms with E-state index < -0.39 is 5.97 Å². The van der Waals surface area contributed by atoms with Crippen LogP contribution in [0.2, 0.25) is 0 Å². The summed E-state index contributed by atoms with van der Waals surface area (Å²) in [4.78, 5) is 22.7. The molecule has 0 radical (unpaired) electrons. The summed E-state index contributed by atoms with van der Waals surface area (Å²) in [5.74, 6) is 0.143. The van der Waals surface area contributed by atoms with E-state index in [0.717, 1.165) is 40.0 Å². The van der Waals surface area contributed by atoms with Crippen molar-refractivity contribution in [3.8, 4) is 0 Å². The lowest BCUT2D eigenvalue weighted by Crippen LogP contribution is -2.36. The highest BCUT2D eigenvalue weighted by atomic mass is 32.1. The van der Waals surface area contributed by atoms with Crippen molar-refractivity contribution < 1.29 is 9.90 Å². The molecule has 0 amide bonds. The number of benzene rings is 1. The van der Waals surface area contributed by atoms with Gasteiger partial charge < -0.3 is 14.6 Å². The summed E-state index contributed by atoms with van der Waals surface area (Å²) < 4.78 is 3.10. The first-order chi connectivity index (χ1) is 11.0. The predicted octanol–water partition coefficient (Wildman–Crippen LogP) is 3.08. The monoisotopic (exact) mass is 328 g/mol. The second-order valence-corrected chi connectivity index (χ2v) is 6.80. The summed E-state index contributed by atoms with van der Waals surface area (Å²) in [7, 11) is 0. The van der Waals surface area contributed by atoms with Gasteiger partial charge in [-0.05, 0) is 32.0 Å². The molecule has 0 fully saturated rings. The molecule has 2 aromatic heterocycles. The van der Waals surface area contributed by atoms with E-state index in [1.807, 2.05) is 6.92 Å². The number of imidazole rings is 1. The van der Waals surface area contributed by atoms with Crippen LogP contribution in [0, 0.1) is 6.92 Å². The van der Waals surface area contributed by atoms with Crippen molar-refractivity contribution in [3.63, 3.8) is 0 Å². The number of carbonyl (C=O) groups is 1. The molecule has 3 aromatic rings. The number of rotatable bonds is 2. The Bertz CT molecular complexity index is 914. The van der Waals surface area contributed by atoms with Gasteiger partial charge in [0.1, 0.15) is 5.82 Å². The smallest absolute Gasteiger partial charge is 0.335 e. The summed E-state index contributed by atoms with van der Waals surface area (Å²) in [6.07, 6.45) is 2.08. The van der Waals surface area contributed by atoms with E-state index in [0.29, 0.717) is 5.56 Å². The Hall–Kier alpha value is -2.41. The zero-order valence-corrected chi connectivity index (χ0v) is 13.7. The third-order valence-corrected chi connectivity index (χ3v) is 5.28. The average molecular weight is 328 g/mol. The first-order valence-electron chi connectivity index (χ1n) is 7.47. The molecule has 1 atom stereocenters. The number of nitrogens with zero attached hydrogens (tertiary/aromatic N) is 4. The zero-order chi connectivity index (χ0) is 16.1. The van der Waals surface area contributed by atoms with E-state index in [9.17, 15) is 4.79 Å². The first-order valence-corrected chi connectivity index (χ1v) is 8.29. The predicted molar refractivity (Wildman–Crippen MR) is 89.3 cm³/mol. The number of carboxylic acid groups (broad SMARTS) is 1. The summed E-state index contributed by atoms with van der Waals surface area (Å²) in [6.45, 7) is 5.89. The number of aromatic carboxylic acids is 1. The number of fused-ring (bicyclic) bond motifs is 2. The molecule has 1 aromatic carbocycles. The van der Waals surface area contributed by atoms with Crippen LogP contribution in [0.4, 0.5) is 5.13 Å². The van der Waals surface area contributed by atoms with Crippen molar-refractivity contribution in [2.24, 2.45) is 0 Å². The topological polar surface area (TPSA) is 71.2 Å². The van der Waals surface area contributed by atoms with E-state index >= 15 is 0 Å². The maximum Gasteiger partial charge on any atom is 0.335 e. The molecule has 0 saturated heterocycles. The number of thiazole rings is 1. The van der Waals surface area contributed by atoms with E-state index in [1.54, 1.807) is 18.2 Å². The molecule has 23 heavy (non-hydrogen) atoms. The molecule has 4 rings (SSSR count). The second-order valence-electron chi connectivity index (χ2n) is 5.79. The van der Waals surface area contributed by atoms with Crippen molar-refractivity contribution in [2.75, 3.05) is 11.4 Å². The van der Waals surface area contributed by atoms with Gasteiger partial charge in [0.25, 0.3) is 0 Å². The van der Waals surface area contributed by atoms with Crippen molar-refractivity contribution >= 4 is 32.7 Å². The summed E-state index contributed by atoms with van der Waals surface area (Å²) >= 11 is 1.54. The lowest BCUT2D eigenvalue weighted by Gasteiger charge is -2.33. The van der Waals surface area contributed by atoms with E-state index in [4.69, 9.17) is 5.11 Å². The van der Waals surface area contributed by atoms with Crippen molar-refractivity contribution in [1.29, 1.82) is 0 Å². The van der Waals surface area contributed by atoms with E-state index in [2.05, 4.69) is 32.6 Å². The van der Waals surface area contributed by atoms with Crippen molar-refractivity contribution in [2.45, 2.75) is 26.4 Å². The molecule has 0 bridgehead atoms. The molecule has 3 heterocycles. The van der Waals surface area contributed by atoms with Crippen LogP contribution >= 0.6 is 11.3 Å². The van der Waals surface area contributed by atoms with Crippen molar-refractivity contribution in [3.05, 3.63) is 41.5 Å². The summed E-state index contributed by atoms with van der Waals surface area (Å²) in [5, 5.41) is 10.0. The van der Waals surface area contributed by atoms with Crippen LogP contribution in [0.25, 0.3) is 10.2 Å². The van der Waals surface area contributed by atoms with E-state index in [-0.39, 0.29) is 6.04 Å². The number of carboxylic acids is 1. The van der Waals surface area contributed by atoms with Gasteiger partial charge in [0, 0.05) is 19.3 Å². The quantitative estimate of drug-likeness (QED) is 0.783. The number of hydrogen-bond donors (Lipinski definition) is 1. The normalized spacial score (nSPS) is 17.5. The van der Waals surface area contributed by atoms with Crippen LogP contribution in [0.15, 0.2) is 24.4 Å². The minimum atomic E-state index is -0.911. The Labute approximate surface area is 137 Å². The molecule has 1 aliphatic rings. The lowest BCUT2D eigenvalue weighted by molar-refractivity contribution is 0.0697. The molecule has 1 aliphatic heterocycles. The van der Waals surface area contributed by atoms with Gasteiger partial charge >= 0.3 is 5.97 Å². The van der Waals surface area contributed by atoms with Gasteiger partial charge in [-0.3, -0.25) is 0 Å². The molecule has 7 heteroatoms. The van der Waals surface area contributed by atoms with Crippen LogP contribution in [-0.4, -0.2) is 32.2 Å². The van der Waals surface area contributed by atoms with Gasteiger partial charge in [-0.15, -0.1) is 0 Å². The molecule has 118 valence electrons. The number of anilines is 1. The van der Waals surface area contributed by atoms with Crippen LogP contribution in [0.5, 0.6) is 0 Å². The number of aromatic nitrogens is 3. The van der Waals surface area contributed by atoms with E-state index in [1.165, 1.54) is 11.3 Å². The largest absolute Gasteiger partial charge is 0.478 e. The SMILES string of the molecule is Cc1cn2c(n1)C(C)N(c1nc3ccc(C(=O)O)cc3s1)CC2. The zero-order valence-electron chi connectivity index (χ0n) is 12.9. The van der Waals surface area contributed by atoms with Gasteiger partial charge in [-0.1, -0.05) is 11.3 Å². The molecule has 1 unspecified atom stereocenters. The second kappa shape index (κ2) is 5.06. The Morgan fingerprint density at radius 2 is 2.17 bits per heavy atom. The fraction of sp³-hybridized carbons (Fsp3) is 0.312. The first kappa shape index (κ1) is 14.2. The molecule has 0 aliphatic carbocycles. The molecular weight excluding hydrogens is 312 g/mol. The molecular formula is C16H16N4O2S. The maximum absolute atomic E-state index is 11.1. The Kier molecular flexibility index (Phi) is 3.12. The lowest BCUT2D eigenvalue weighted by atomic mass is 10.2.